The van der Waals surface area contributed by atoms with Crippen LogP contribution in [-0.4, -0.2) is 86.8 Å². The summed E-state index contributed by atoms with van der Waals surface area (Å²) in [5, 5.41) is 41.6. The van der Waals surface area contributed by atoms with Gasteiger partial charge in [-0.05, 0) is 16.0 Å². The van der Waals surface area contributed by atoms with Crippen molar-refractivity contribution < 1.29 is 29.5 Å². The first-order valence-corrected chi connectivity index (χ1v) is 12.4. The molecule has 4 rings (SSSR count). The summed E-state index contributed by atoms with van der Waals surface area (Å²) < 4.78 is 1.78. The number of aliphatic carboxylic acids is 1. The second-order valence-corrected chi connectivity index (χ2v) is 10.0. The van der Waals surface area contributed by atoms with Crippen LogP contribution in [0.5, 0.6) is 0 Å². The van der Waals surface area contributed by atoms with Gasteiger partial charge in [-0.15, -0.1) is 28.2 Å². The molecule has 0 spiro atoms. The quantitative estimate of drug-likeness (QED) is 0.134. The van der Waals surface area contributed by atoms with Crippen LogP contribution >= 0.6 is 34.9 Å². The molecule has 1 fully saturated rings. The van der Waals surface area contributed by atoms with Gasteiger partial charge < -0.3 is 21.4 Å². The fraction of sp³-hybridized carbons (Fsp3) is 0.375. The number of β-lactam (4-membered cyclic amide) rings is 1. The monoisotopic (exact) mass is 527 g/mol. The third kappa shape index (κ3) is 4.50. The molecule has 180 valence electrons. The van der Waals surface area contributed by atoms with Gasteiger partial charge in [-0.3, -0.25) is 24.7 Å². The number of hydrogen-bond donors (Lipinski definition) is 5. The van der Waals surface area contributed by atoms with Crippen LogP contribution in [0.25, 0.3) is 0 Å². The number of nitrogens with two attached hydrogens (primary N) is 1. The van der Waals surface area contributed by atoms with E-state index in [-0.39, 0.29) is 45.8 Å². The largest absolute Gasteiger partial charge is 0.477 e. The maximum atomic E-state index is 12.7. The van der Waals surface area contributed by atoms with Gasteiger partial charge in [0.25, 0.3) is 5.91 Å². The zero-order valence-electron chi connectivity index (χ0n) is 17.1. The standard InChI is InChI=1S/C16H17N9O6S3/c17-8(26)2-23-16(20-21-22-23)34-4-6-3-32-13-10(12(28)24(13)11(6)14(29)30)19-9(27)1-7-5-33-15(18)25(7)31/h5,10,13,18,31H,1-4H2,(H2,17,26)(H,19,27)(H,29,30)/t10?,13-/m0/s1. The smallest absolute Gasteiger partial charge is 0.352 e. The maximum Gasteiger partial charge on any atom is 0.352 e. The Morgan fingerprint density at radius 2 is 2.15 bits per heavy atom. The van der Waals surface area contributed by atoms with E-state index in [0.717, 1.165) is 28.0 Å². The van der Waals surface area contributed by atoms with E-state index in [1.807, 2.05) is 0 Å². The number of thiazole rings is 1. The summed E-state index contributed by atoms with van der Waals surface area (Å²) in [7, 11) is 0. The number of carbonyl (C=O) groups excluding carboxylic acids is 3. The highest BCUT2D eigenvalue weighted by atomic mass is 32.2. The molecule has 1 saturated heterocycles. The Labute approximate surface area is 202 Å². The van der Waals surface area contributed by atoms with Gasteiger partial charge >= 0.3 is 5.97 Å². The van der Waals surface area contributed by atoms with Crippen molar-refractivity contribution in [3.8, 4) is 0 Å². The van der Waals surface area contributed by atoms with E-state index in [0.29, 0.717) is 10.3 Å². The molecule has 2 aromatic heterocycles. The topological polar surface area (TPSA) is 222 Å². The molecule has 0 bridgehead atoms. The van der Waals surface area contributed by atoms with Gasteiger partial charge in [0.05, 0.1) is 12.1 Å². The molecule has 6 N–H and O–H groups in total. The van der Waals surface area contributed by atoms with Crippen LogP contribution < -0.4 is 15.9 Å². The van der Waals surface area contributed by atoms with E-state index in [4.69, 9.17) is 11.1 Å². The van der Waals surface area contributed by atoms with Gasteiger partial charge in [-0.2, -0.15) is 4.73 Å². The van der Waals surface area contributed by atoms with Crippen LogP contribution in [0.4, 0.5) is 0 Å². The van der Waals surface area contributed by atoms with E-state index < -0.39 is 35.1 Å². The average Bonchev–Trinajstić information content (AvgIpc) is 3.35. The van der Waals surface area contributed by atoms with E-state index >= 15 is 0 Å². The summed E-state index contributed by atoms with van der Waals surface area (Å²) >= 11 is 3.36. The number of primary amides is 1. The molecule has 34 heavy (non-hydrogen) atoms. The molecule has 15 nitrogen and oxygen atoms in total. The summed E-state index contributed by atoms with van der Waals surface area (Å²) in [5.74, 6) is -2.57. The second-order valence-electron chi connectivity index (χ2n) is 7.11. The van der Waals surface area contributed by atoms with Crippen molar-refractivity contribution in [2.75, 3.05) is 11.5 Å². The molecule has 0 radical (unpaired) electrons. The van der Waals surface area contributed by atoms with Crippen molar-refractivity contribution in [1.82, 2.24) is 35.2 Å². The summed E-state index contributed by atoms with van der Waals surface area (Å²) in [6.45, 7) is -0.228. The first-order valence-electron chi connectivity index (χ1n) is 9.47. The Morgan fingerprint density at radius 3 is 2.79 bits per heavy atom. The van der Waals surface area contributed by atoms with Crippen LogP contribution in [0.2, 0.25) is 0 Å². The minimum Gasteiger partial charge on any atom is -0.477 e. The normalized spacial score (nSPS) is 19.5. The number of carbonyl (C=O) groups is 4. The number of thioether (sulfide) groups is 2. The molecule has 4 heterocycles. The third-order valence-electron chi connectivity index (χ3n) is 4.86. The predicted molar refractivity (Wildman–Crippen MR) is 116 cm³/mol. The van der Waals surface area contributed by atoms with Gasteiger partial charge in [0.1, 0.15) is 23.7 Å². The van der Waals surface area contributed by atoms with Crippen molar-refractivity contribution in [3.05, 3.63) is 27.1 Å². The van der Waals surface area contributed by atoms with Crippen molar-refractivity contribution in [1.29, 1.82) is 5.41 Å². The number of carboxylic acid groups (broad SMARTS) is 1. The molecule has 0 saturated carbocycles. The Balaban J connectivity index is 1.44. The lowest BCUT2D eigenvalue weighted by atomic mass is 10.0. The molecule has 3 amide bonds. The van der Waals surface area contributed by atoms with Crippen molar-refractivity contribution >= 4 is 58.6 Å². The highest BCUT2D eigenvalue weighted by Gasteiger charge is 2.54. The van der Waals surface area contributed by atoms with Gasteiger partial charge in [-0.25, -0.2) is 9.48 Å². The summed E-state index contributed by atoms with van der Waals surface area (Å²) in [4.78, 5) is 49.2. The van der Waals surface area contributed by atoms with E-state index in [1.54, 1.807) is 0 Å². The summed E-state index contributed by atoms with van der Waals surface area (Å²) in [5.41, 5.74) is 5.67. The van der Waals surface area contributed by atoms with Gasteiger partial charge in [0.2, 0.25) is 21.8 Å². The molecule has 2 aliphatic rings. The van der Waals surface area contributed by atoms with Crippen molar-refractivity contribution in [2.24, 2.45) is 5.73 Å². The van der Waals surface area contributed by atoms with Crippen molar-refractivity contribution in [2.45, 2.75) is 29.5 Å². The molecule has 0 aromatic carbocycles. The van der Waals surface area contributed by atoms with Crippen LogP contribution in [0.3, 0.4) is 0 Å². The zero-order valence-corrected chi connectivity index (χ0v) is 19.5. The van der Waals surface area contributed by atoms with Gasteiger partial charge in [-0.1, -0.05) is 11.8 Å². The fourth-order valence-electron chi connectivity index (χ4n) is 3.35. The van der Waals surface area contributed by atoms with E-state index in [9.17, 15) is 29.5 Å². The molecule has 1 unspecified atom stereocenters. The van der Waals surface area contributed by atoms with Crippen LogP contribution in [0, 0.1) is 5.41 Å². The predicted octanol–water partition coefficient (Wildman–Crippen LogP) is -2.19. The average molecular weight is 528 g/mol. The number of carboxylic acids is 1. The molecular formula is C16H17N9O6S3. The van der Waals surface area contributed by atoms with Gasteiger partial charge in [0.15, 0.2) is 0 Å². The highest BCUT2D eigenvalue weighted by molar-refractivity contribution is 8.01. The lowest BCUT2D eigenvalue weighted by Crippen LogP contribution is -2.70. The van der Waals surface area contributed by atoms with Crippen LogP contribution in [0.15, 0.2) is 21.8 Å². The number of rotatable bonds is 9. The number of fused-ring (bicyclic) bond motifs is 1. The SMILES string of the molecule is N=c1scc(CC(=O)NC2C(=O)N3C(C(=O)O)=C(CSc4nnnn4CC(N)=O)CS[C@@H]23)n1O. The summed E-state index contributed by atoms with van der Waals surface area (Å²) in [6, 6.07) is -0.912. The first-order chi connectivity index (χ1) is 16.2. The lowest BCUT2D eigenvalue weighted by molar-refractivity contribution is -0.150. The van der Waals surface area contributed by atoms with E-state index in [1.165, 1.54) is 21.8 Å². The Bertz CT molecular complexity index is 1270. The molecule has 2 aromatic rings. The number of tetrazole rings is 1. The molecular weight excluding hydrogens is 510 g/mol. The highest BCUT2D eigenvalue weighted by Crippen LogP contribution is 2.41. The number of amides is 3. The second kappa shape index (κ2) is 9.47. The number of aromatic nitrogens is 5. The fourth-order valence-corrected chi connectivity index (χ4v) is 6.36. The maximum absolute atomic E-state index is 12.7. The molecule has 2 aliphatic heterocycles. The molecule has 18 heteroatoms. The minimum absolute atomic E-state index is 0.137. The minimum atomic E-state index is -1.28. The number of nitrogens with one attached hydrogen (secondary N) is 2. The molecule has 0 aliphatic carbocycles. The van der Waals surface area contributed by atoms with Crippen LogP contribution in [0.1, 0.15) is 5.69 Å². The van der Waals surface area contributed by atoms with E-state index in [2.05, 4.69) is 20.8 Å². The third-order valence-corrected chi connectivity index (χ3v) is 8.03. The Kier molecular flexibility index (Phi) is 6.62. The van der Waals surface area contributed by atoms with Crippen molar-refractivity contribution in [3.63, 3.8) is 0 Å². The molecule has 2 atom stereocenters. The first kappa shape index (κ1) is 23.8. The summed E-state index contributed by atoms with van der Waals surface area (Å²) in [6.07, 6.45) is -0.239. The number of nitrogens with zero attached hydrogens (tertiary/aromatic N) is 6. The lowest BCUT2D eigenvalue weighted by Gasteiger charge is -2.49. The number of hydrogen-bond acceptors (Lipinski definition) is 12. The Morgan fingerprint density at radius 1 is 1.38 bits per heavy atom. The van der Waals surface area contributed by atoms with Crippen LogP contribution in [-0.2, 0) is 32.1 Å². The Hall–Kier alpha value is -3.38. The zero-order chi connectivity index (χ0) is 24.6. The van der Waals surface area contributed by atoms with Gasteiger partial charge in [0, 0.05) is 16.9 Å².